The highest BCUT2D eigenvalue weighted by atomic mass is 28.4. The molecule has 0 unspecified atom stereocenters. The number of rotatable bonds is 2. The second-order valence-electron chi connectivity index (χ2n) is 6.44. The Hall–Kier alpha value is -0.153. The summed E-state index contributed by atoms with van der Waals surface area (Å²) in [7, 11) is -1.47. The Balaban J connectivity index is 2.69. The van der Waals surface area contributed by atoms with Crippen LogP contribution in [0.3, 0.4) is 0 Å². The molecule has 0 bridgehead atoms. The lowest BCUT2D eigenvalue weighted by Gasteiger charge is -2.39. The Bertz CT molecular complexity index is 253. The molecule has 15 heavy (non-hydrogen) atoms. The van der Waals surface area contributed by atoms with Crippen LogP contribution in [0.25, 0.3) is 0 Å². The highest BCUT2D eigenvalue weighted by molar-refractivity contribution is 6.69. The van der Waals surface area contributed by atoms with Gasteiger partial charge < -0.3 is 4.43 Å². The van der Waals surface area contributed by atoms with Crippen molar-refractivity contribution in [2.24, 2.45) is 11.3 Å². The maximum Gasteiger partial charge on any atom is 0.184 e. The molecule has 2 atom stereocenters. The molecule has 0 aliphatic heterocycles. The summed E-state index contributed by atoms with van der Waals surface area (Å²) < 4.78 is 6.12. The summed E-state index contributed by atoms with van der Waals surface area (Å²) in [5.74, 6) is 0.563. The zero-order chi connectivity index (χ0) is 11.9. The molecule has 1 rings (SSSR count). The standard InChI is InChI=1S/C12H24O2Si/c1-9-7-10(14-15(4,5)6)8-12(2,3)11(9)13/h9-10H,7-8H2,1-6H3/t9-,10-/m1/s1. The maximum atomic E-state index is 11.9. The highest BCUT2D eigenvalue weighted by Crippen LogP contribution is 2.37. The number of hydrogen-bond acceptors (Lipinski definition) is 2. The van der Waals surface area contributed by atoms with Crippen LogP contribution in [0, 0.1) is 11.3 Å². The van der Waals surface area contributed by atoms with Crippen LogP contribution in [0.4, 0.5) is 0 Å². The first kappa shape index (κ1) is 12.9. The smallest absolute Gasteiger partial charge is 0.184 e. The zero-order valence-corrected chi connectivity index (χ0v) is 11.9. The van der Waals surface area contributed by atoms with E-state index in [1.54, 1.807) is 0 Å². The molecule has 0 N–H and O–H groups in total. The second-order valence-corrected chi connectivity index (χ2v) is 10.9. The lowest BCUT2D eigenvalue weighted by atomic mass is 9.70. The molecule has 1 saturated carbocycles. The zero-order valence-electron chi connectivity index (χ0n) is 10.9. The number of carbonyl (C=O) groups excluding carboxylic acids is 1. The van der Waals surface area contributed by atoms with E-state index in [1.807, 2.05) is 20.8 Å². The molecule has 2 nitrogen and oxygen atoms in total. The van der Waals surface area contributed by atoms with Crippen molar-refractivity contribution >= 4 is 14.1 Å². The Morgan fingerprint density at radius 3 is 2.27 bits per heavy atom. The normalized spacial score (nSPS) is 31.7. The van der Waals surface area contributed by atoms with Crippen LogP contribution < -0.4 is 0 Å². The van der Waals surface area contributed by atoms with Crippen LogP contribution in [0.15, 0.2) is 0 Å². The molecule has 0 radical (unpaired) electrons. The van der Waals surface area contributed by atoms with Gasteiger partial charge in [-0.15, -0.1) is 0 Å². The minimum Gasteiger partial charge on any atom is -0.415 e. The van der Waals surface area contributed by atoms with E-state index >= 15 is 0 Å². The van der Waals surface area contributed by atoms with Gasteiger partial charge in [0.1, 0.15) is 5.78 Å². The van der Waals surface area contributed by atoms with Gasteiger partial charge >= 0.3 is 0 Å². The summed E-state index contributed by atoms with van der Waals surface area (Å²) in [4.78, 5) is 11.9. The molecule has 1 fully saturated rings. The van der Waals surface area contributed by atoms with Crippen molar-refractivity contribution in [3.8, 4) is 0 Å². The summed E-state index contributed by atoms with van der Waals surface area (Å²) in [6, 6.07) is 0. The first-order valence-corrected chi connectivity index (χ1v) is 9.25. The van der Waals surface area contributed by atoms with Gasteiger partial charge in [0, 0.05) is 17.4 Å². The third-order valence-corrected chi connectivity index (χ3v) is 4.03. The van der Waals surface area contributed by atoms with E-state index in [2.05, 4.69) is 19.6 Å². The summed E-state index contributed by atoms with van der Waals surface area (Å²) in [6.45, 7) is 12.8. The minimum absolute atomic E-state index is 0.162. The molecule has 1 aliphatic rings. The van der Waals surface area contributed by atoms with E-state index in [4.69, 9.17) is 4.43 Å². The van der Waals surface area contributed by atoms with Crippen molar-refractivity contribution in [1.29, 1.82) is 0 Å². The van der Waals surface area contributed by atoms with Crippen LogP contribution >= 0.6 is 0 Å². The second kappa shape index (κ2) is 4.02. The van der Waals surface area contributed by atoms with Crippen LogP contribution in [-0.4, -0.2) is 20.2 Å². The molecular formula is C12H24O2Si. The minimum atomic E-state index is -1.47. The lowest BCUT2D eigenvalue weighted by Crippen LogP contribution is -2.44. The van der Waals surface area contributed by atoms with Crippen molar-refractivity contribution in [3.63, 3.8) is 0 Å². The fraction of sp³-hybridized carbons (Fsp3) is 0.917. The predicted molar refractivity (Wildman–Crippen MR) is 65.4 cm³/mol. The average molecular weight is 228 g/mol. The number of ketones is 1. The quantitative estimate of drug-likeness (QED) is 0.678. The fourth-order valence-corrected chi connectivity index (χ4v) is 3.69. The Kier molecular flexibility index (Phi) is 3.46. The molecule has 0 saturated heterocycles. The van der Waals surface area contributed by atoms with Gasteiger partial charge in [-0.3, -0.25) is 4.79 Å². The monoisotopic (exact) mass is 228 g/mol. The van der Waals surface area contributed by atoms with Crippen molar-refractivity contribution in [2.75, 3.05) is 0 Å². The fourth-order valence-electron chi connectivity index (χ4n) is 2.51. The van der Waals surface area contributed by atoms with Gasteiger partial charge in [-0.05, 0) is 32.5 Å². The molecule has 0 heterocycles. The van der Waals surface area contributed by atoms with Gasteiger partial charge in [-0.2, -0.15) is 0 Å². The van der Waals surface area contributed by atoms with Crippen molar-refractivity contribution in [3.05, 3.63) is 0 Å². The Labute approximate surface area is 94.5 Å². The summed E-state index contributed by atoms with van der Waals surface area (Å²) in [5, 5.41) is 0. The van der Waals surface area contributed by atoms with Gasteiger partial charge in [0.15, 0.2) is 8.32 Å². The molecule has 88 valence electrons. The summed E-state index contributed by atoms with van der Waals surface area (Å²) in [5.41, 5.74) is -0.192. The van der Waals surface area contributed by atoms with Gasteiger partial charge in [-0.25, -0.2) is 0 Å². The number of Topliss-reactive ketones (excluding diaryl/α,β-unsaturated/α-hetero) is 1. The number of hydrogen-bond donors (Lipinski definition) is 0. The predicted octanol–water partition coefficient (Wildman–Crippen LogP) is 3.23. The third-order valence-electron chi connectivity index (χ3n) is 2.99. The SMILES string of the molecule is C[C@@H]1C[C@@H](O[Si](C)(C)C)CC(C)(C)C1=O. The summed E-state index contributed by atoms with van der Waals surface area (Å²) in [6.07, 6.45) is 2.09. The van der Waals surface area contributed by atoms with E-state index < -0.39 is 8.32 Å². The molecule has 0 aromatic heterocycles. The topological polar surface area (TPSA) is 26.3 Å². The molecular weight excluding hydrogens is 204 g/mol. The van der Waals surface area contributed by atoms with E-state index in [1.165, 1.54) is 0 Å². The van der Waals surface area contributed by atoms with Crippen LogP contribution in [0.1, 0.15) is 33.6 Å². The number of carbonyl (C=O) groups is 1. The van der Waals surface area contributed by atoms with Crippen LogP contribution in [0.5, 0.6) is 0 Å². The molecule has 3 heteroatoms. The van der Waals surface area contributed by atoms with Crippen LogP contribution in [0.2, 0.25) is 19.6 Å². The van der Waals surface area contributed by atoms with E-state index in [-0.39, 0.29) is 11.3 Å². The van der Waals surface area contributed by atoms with Crippen molar-refractivity contribution in [2.45, 2.75) is 59.4 Å². The van der Waals surface area contributed by atoms with Crippen LogP contribution in [-0.2, 0) is 9.22 Å². The van der Waals surface area contributed by atoms with Gasteiger partial charge in [0.2, 0.25) is 0 Å². The van der Waals surface area contributed by atoms with Gasteiger partial charge in [0.25, 0.3) is 0 Å². The largest absolute Gasteiger partial charge is 0.415 e. The van der Waals surface area contributed by atoms with E-state index in [0.717, 1.165) is 12.8 Å². The summed E-state index contributed by atoms with van der Waals surface area (Å²) >= 11 is 0. The van der Waals surface area contributed by atoms with E-state index in [9.17, 15) is 4.79 Å². The molecule has 0 amide bonds. The molecule has 0 aromatic carbocycles. The van der Waals surface area contributed by atoms with Crippen molar-refractivity contribution in [1.82, 2.24) is 0 Å². The van der Waals surface area contributed by atoms with Gasteiger partial charge in [0.05, 0.1) is 0 Å². The van der Waals surface area contributed by atoms with Crippen molar-refractivity contribution < 1.29 is 9.22 Å². The molecule has 0 spiro atoms. The van der Waals surface area contributed by atoms with E-state index in [0.29, 0.717) is 11.9 Å². The maximum absolute atomic E-state index is 11.9. The average Bonchev–Trinajstić information content (AvgIpc) is 1.95. The highest BCUT2D eigenvalue weighted by Gasteiger charge is 2.41. The molecule has 1 aliphatic carbocycles. The molecule has 0 aromatic rings. The third kappa shape index (κ3) is 3.42. The first-order chi connectivity index (χ1) is 6.62. The lowest BCUT2D eigenvalue weighted by molar-refractivity contribution is -0.137. The Morgan fingerprint density at radius 1 is 1.33 bits per heavy atom. The first-order valence-electron chi connectivity index (χ1n) is 5.84. The van der Waals surface area contributed by atoms with Gasteiger partial charge in [-0.1, -0.05) is 20.8 Å². The Morgan fingerprint density at radius 2 is 1.87 bits per heavy atom.